The number of rotatable bonds is 3. The molecule has 1 aromatic rings. The van der Waals surface area contributed by atoms with E-state index in [9.17, 15) is 4.79 Å². The second-order valence-electron chi connectivity index (χ2n) is 5.20. The smallest absolute Gasteiger partial charge is 0.306 e. The molecule has 0 unspecified atom stereocenters. The van der Waals surface area contributed by atoms with E-state index in [-0.39, 0.29) is 5.92 Å². The van der Waals surface area contributed by atoms with Gasteiger partial charge in [-0.05, 0) is 51.2 Å². The van der Waals surface area contributed by atoms with E-state index < -0.39 is 5.97 Å². The quantitative estimate of drug-likeness (QED) is 0.895. The first kappa shape index (κ1) is 13.5. The first-order chi connectivity index (χ1) is 8.56. The highest BCUT2D eigenvalue weighted by molar-refractivity contribution is 8.00. The van der Waals surface area contributed by atoms with Crippen molar-refractivity contribution < 1.29 is 9.90 Å². The van der Waals surface area contributed by atoms with Gasteiger partial charge < -0.3 is 5.11 Å². The second kappa shape index (κ2) is 5.79. The summed E-state index contributed by atoms with van der Waals surface area (Å²) in [6.45, 7) is 4.26. The number of hydrogen-bond acceptors (Lipinski definition) is 2. The fourth-order valence-corrected chi connectivity index (χ4v) is 3.80. The summed E-state index contributed by atoms with van der Waals surface area (Å²) in [5.41, 5.74) is 2.63. The summed E-state index contributed by atoms with van der Waals surface area (Å²) in [6.07, 6.45) is 3.71. The van der Waals surface area contributed by atoms with Crippen LogP contribution in [-0.2, 0) is 4.79 Å². The molecule has 1 saturated carbocycles. The van der Waals surface area contributed by atoms with Gasteiger partial charge in [-0.3, -0.25) is 4.79 Å². The van der Waals surface area contributed by atoms with E-state index in [1.54, 1.807) is 0 Å². The molecule has 1 fully saturated rings. The van der Waals surface area contributed by atoms with Crippen LogP contribution in [0.15, 0.2) is 23.1 Å². The Bertz CT molecular complexity index is 434. The lowest BCUT2D eigenvalue weighted by atomic mass is 9.89. The van der Waals surface area contributed by atoms with Crippen LogP contribution < -0.4 is 0 Å². The van der Waals surface area contributed by atoms with Crippen molar-refractivity contribution >= 4 is 17.7 Å². The lowest BCUT2D eigenvalue weighted by Crippen LogP contribution is -2.22. The summed E-state index contributed by atoms with van der Waals surface area (Å²) in [6, 6.07) is 6.56. The van der Waals surface area contributed by atoms with E-state index in [0.717, 1.165) is 25.7 Å². The first-order valence-electron chi connectivity index (χ1n) is 6.53. The third kappa shape index (κ3) is 3.29. The Balaban J connectivity index is 1.93. The number of aliphatic carboxylic acids is 1. The molecule has 0 saturated heterocycles. The minimum atomic E-state index is -0.620. The van der Waals surface area contributed by atoms with Crippen molar-refractivity contribution in [2.45, 2.75) is 49.7 Å². The predicted octanol–water partition coefficient (Wildman–Crippen LogP) is 4.04. The van der Waals surface area contributed by atoms with Crippen molar-refractivity contribution in [1.82, 2.24) is 0 Å². The molecule has 0 amide bonds. The number of aryl methyl sites for hydroxylation is 2. The standard InChI is InChI=1S/C15H20O2S/c1-10-3-8-14(11(2)9-10)18-13-6-4-12(5-7-13)15(16)17/h3,8-9,12-13H,4-7H2,1-2H3,(H,16,17). The van der Waals surface area contributed by atoms with Crippen LogP contribution in [0.4, 0.5) is 0 Å². The average Bonchev–Trinajstić information content (AvgIpc) is 2.33. The summed E-state index contributed by atoms with van der Waals surface area (Å²) in [4.78, 5) is 12.3. The first-order valence-corrected chi connectivity index (χ1v) is 7.41. The number of carboxylic acids is 1. The van der Waals surface area contributed by atoms with Gasteiger partial charge in [0.2, 0.25) is 0 Å². The van der Waals surface area contributed by atoms with Gasteiger partial charge in [0.05, 0.1) is 5.92 Å². The number of hydrogen-bond donors (Lipinski definition) is 1. The topological polar surface area (TPSA) is 37.3 Å². The molecule has 0 aromatic heterocycles. The van der Waals surface area contributed by atoms with E-state index in [1.807, 2.05) is 11.8 Å². The molecular weight excluding hydrogens is 244 g/mol. The van der Waals surface area contributed by atoms with Crippen LogP contribution in [0, 0.1) is 19.8 Å². The van der Waals surface area contributed by atoms with Gasteiger partial charge >= 0.3 is 5.97 Å². The Labute approximate surface area is 113 Å². The van der Waals surface area contributed by atoms with Crippen molar-refractivity contribution in [3.8, 4) is 0 Å². The summed E-state index contributed by atoms with van der Waals surface area (Å²) in [7, 11) is 0. The van der Waals surface area contributed by atoms with Gasteiger partial charge in [-0.1, -0.05) is 17.7 Å². The van der Waals surface area contributed by atoms with Crippen molar-refractivity contribution in [3.63, 3.8) is 0 Å². The zero-order valence-electron chi connectivity index (χ0n) is 11.0. The molecule has 1 aliphatic rings. The maximum Gasteiger partial charge on any atom is 0.306 e. The summed E-state index contributed by atoms with van der Waals surface area (Å²) in [5.74, 6) is -0.731. The molecular formula is C15H20O2S. The monoisotopic (exact) mass is 264 g/mol. The Morgan fingerprint density at radius 3 is 2.44 bits per heavy atom. The number of carbonyl (C=O) groups is 1. The van der Waals surface area contributed by atoms with Crippen molar-refractivity contribution in [3.05, 3.63) is 29.3 Å². The molecule has 0 spiro atoms. The van der Waals surface area contributed by atoms with E-state index in [2.05, 4.69) is 32.0 Å². The molecule has 98 valence electrons. The van der Waals surface area contributed by atoms with Crippen LogP contribution in [0.3, 0.4) is 0 Å². The van der Waals surface area contributed by atoms with Crippen molar-refractivity contribution in [1.29, 1.82) is 0 Å². The normalized spacial score (nSPS) is 23.9. The van der Waals surface area contributed by atoms with E-state index in [0.29, 0.717) is 5.25 Å². The lowest BCUT2D eigenvalue weighted by molar-refractivity contribution is -0.142. The number of carboxylic acid groups (broad SMARTS) is 1. The van der Waals surface area contributed by atoms with Crippen molar-refractivity contribution in [2.24, 2.45) is 5.92 Å². The molecule has 2 rings (SSSR count). The van der Waals surface area contributed by atoms with Crippen LogP contribution in [0.25, 0.3) is 0 Å². The molecule has 1 aromatic carbocycles. The van der Waals surface area contributed by atoms with E-state index in [1.165, 1.54) is 16.0 Å². The summed E-state index contributed by atoms with van der Waals surface area (Å²) >= 11 is 1.92. The van der Waals surface area contributed by atoms with Gasteiger partial charge in [0.25, 0.3) is 0 Å². The van der Waals surface area contributed by atoms with Gasteiger partial charge in [0, 0.05) is 10.1 Å². The van der Waals surface area contributed by atoms with Crippen molar-refractivity contribution in [2.75, 3.05) is 0 Å². The summed E-state index contributed by atoms with van der Waals surface area (Å²) in [5, 5.41) is 9.57. The molecule has 0 bridgehead atoms. The lowest BCUT2D eigenvalue weighted by Gasteiger charge is -2.26. The van der Waals surface area contributed by atoms with Crippen LogP contribution in [-0.4, -0.2) is 16.3 Å². The Hall–Kier alpha value is -0.960. The van der Waals surface area contributed by atoms with Gasteiger partial charge in [0.15, 0.2) is 0 Å². The minimum Gasteiger partial charge on any atom is -0.481 e. The molecule has 2 nitrogen and oxygen atoms in total. The minimum absolute atomic E-state index is 0.110. The SMILES string of the molecule is Cc1ccc(SC2CCC(C(=O)O)CC2)c(C)c1. The Kier molecular flexibility index (Phi) is 4.33. The molecule has 0 heterocycles. The fourth-order valence-electron chi connectivity index (χ4n) is 2.54. The van der Waals surface area contributed by atoms with Gasteiger partial charge in [-0.15, -0.1) is 11.8 Å². The maximum atomic E-state index is 10.9. The van der Waals surface area contributed by atoms with Crippen LogP contribution in [0.1, 0.15) is 36.8 Å². The largest absolute Gasteiger partial charge is 0.481 e. The van der Waals surface area contributed by atoms with Crippen LogP contribution in [0.2, 0.25) is 0 Å². The van der Waals surface area contributed by atoms with E-state index in [4.69, 9.17) is 5.11 Å². The molecule has 1 N–H and O–H groups in total. The van der Waals surface area contributed by atoms with Gasteiger partial charge in [0.1, 0.15) is 0 Å². The Morgan fingerprint density at radius 1 is 1.22 bits per heavy atom. The highest BCUT2D eigenvalue weighted by Crippen LogP contribution is 2.37. The van der Waals surface area contributed by atoms with Crippen LogP contribution in [0.5, 0.6) is 0 Å². The molecule has 1 aliphatic carbocycles. The molecule has 18 heavy (non-hydrogen) atoms. The predicted molar refractivity (Wildman–Crippen MR) is 75.2 cm³/mol. The second-order valence-corrected chi connectivity index (χ2v) is 6.54. The highest BCUT2D eigenvalue weighted by atomic mass is 32.2. The maximum absolute atomic E-state index is 10.9. The van der Waals surface area contributed by atoms with E-state index >= 15 is 0 Å². The van der Waals surface area contributed by atoms with Gasteiger partial charge in [-0.2, -0.15) is 0 Å². The molecule has 0 radical (unpaired) electrons. The number of benzene rings is 1. The zero-order chi connectivity index (χ0) is 13.1. The molecule has 3 heteroatoms. The molecule has 0 aliphatic heterocycles. The molecule has 0 atom stereocenters. The third-order valence-corrected chi connectivity index (χ3v) is 5.16. The highest BCUT2D eigenvalue weighted by Gasteiger charge is 2.26. The third-order valence-electron chi connectivity index (χ3n) is 3.65. The average molecular weight is 264 g/mol. The number of thioether (sulfide) groups is 1. The Morgan fingerprint density at radius 2 is 1.89 bits per heavy atom. The van der Waals surface area contributed by atoms with Gasteiger partial charge in [-0.25, -0.2) is 0 Å². The zero-order valence-corrected chi connectivity index (χ0v) is 11.8. The summed E-state index contributed by atoms with van der Waals surface area (Å²) < 4.78 is 0. The van der Waals surface area contributed by atoms with Crippen LogP contribution >= 0.6 is 11.8 Å². The fraction of sp³-hybridized carbons (Fsp3) is 0.533.